The maximum absolute atomic E-state index is 12.4. The number of ether oxygens (including phenoxy) is 1. The summed E-state index contributed by atoms with van der Waals surface area (Å²) in [7, 11) is 0. The minimum atomic E-state index is -0.620. The van der Waals surface area contributed by atoms with Gasteiger partial charge in [0.25, 0.3) is 5.91 Å². The fraction of sp³-hybridized carbons (Fsp3) is 0.278. The van der Waals surface area contributed by atoms with E-state index in [9.17, 15) is 4.79 Å². The number of carbonyl (C=O) groups excluding carboxylic acids is 1. The molecule has 1 N–H and O–H groups in total. The van der Waals surface area contributed by atoms with E-state index in [0.29, 0.717) is 12.3 Å². The molecule has 0 aliphatic carbocycles. The SMILES string of the molecule is CSc1cnc2ccc(OC(SC)C(=O)NCc3nc(C)cs3)cc2c1. The van der Waals surface area contributed by atoms with Crippen molar-refractivity contribution in [3.05, 3.63) is 46.5 Å². The van der Waals surface area contributed by atoms with Gasteiger partial charge in [-0.05, 0) is 43.7 Å². The molecule has 2 aromatic heterocycles. The fourth-order valence-corrected chi connectivity index (χ4v) is 3.96. The molecular formula is C18H19N3O2S3. The molecular weight excluding hydrogens is 386 g/mol. The summed E-state index contributed by atoms with van der Waals surface area (Å²) in [5.74, 6) is 0.485. The quantitative estimate of drug-likeness (QED) is 0.471. The Morgan fingerprint density at radius 2 is 2.19 bits per heavy atom. The molecule has 1 aromatic carbocycles. The lowest BCUT2D eigenvalue weighted by atomic mass is 10.2. The number of carbonyl (C=O) groups is 1. The molecule has 1 atom stereocenters. The van der Waals surface area contributed by atoms with Gasteiger partial charge in [0.15, 0.2) is 0 Å². The van der Waals surface area contributed by atoms with Gasteiger partial charge in [0.05, 0.1) is 12.1 Å². The molecule has 26 heavy (non-hydrogen) atoms. The van der Waals surface area contributed by atoms with Crippen molar-refractivity contribution in [2.75, 3.05) is 12.5 Å². The number of aromatic nitrogens is 2. The van der Waals surface area contributed by atoms with Crippen LogP contribution in [-0.4, -0.2) is 33.8 Å². The average Bonchev–Trinajstić information content (AvgIpc) is 3.08. The normalized spacial score (nSPS) is 12.1. The number of hydrogen-bond donors (Lipinski definition) is 1. The standard InChI is InChI=1S/C18H19N3O2S3/c1-11-10-26-16(21-11)9-20-17(22)18(25-3)23-13-4-5-15-12(6-13)7-14(24-2)8-19-15/h4-8,10,18H,9H2,1-3H3,(H,20,22). The highest BCUT2D eigenvalue weighted by atomic mass is 32.2. The number of nitrogens with one attached hydrogen (secondary N) is 1. The van der Waals surface area contributed by atoms with E-state index in [1.54, 1.807) is 11.8 Å². The Morgan fingerprint density at radius 3 is 2.88 bits per heavy atom. The number of fused-ring (bicyclic) bond motifs is 1. The highest BCUT2D eigenvalue weighted by Gasteiger charge is 2.19. The number of pyridine rings is 1. The van der Waals surface area contributed by atoms with Crippen molar-refractivity contribution in [2.45, 2.75) is 23.8 Å². The number of amides is 1. The van der Waals surface area contributed by atoms with Crippen LogP contribution in [0, 0.1) is 6.92 Å². The highest BCUT2D eigenvalue weighted by Crippen LogP contribution is 2.25. The molecule has 3 aromatic rings. The Balaban J connectivity index is 1.68. The first kappa shape index (κ1) is 19.0. The first-order chi connectivity index (χ1) is 12.6. The van der Waals surface area contributed by atoms with E-state index < -0.39 is 5.44 Å². The van der Waals surface area contributed by atoms with E-state index in [4.69, 9.17) is 4.74 Å². The van der Waals surface area contributed by atoms with Crippen LogP contribution in [0.4, 0.5) is 0 Å². The van der Waals surface area contributed by atoms with Gasteiger partial charge < -0.3 is 10.1 Å². The number of aryl methyl sites for hydroxylation is 1. The van der Waals surface area contributed by atoms with Crippen LogP contribution >= 0.6 is 34.9 Å². The highest BCUT2D eigenvalue weighted by molar-refractivity contribution is 7.99. The lowest BCUT2D eigenvalue weighted by Gasteiger charge is -2.16. The van der Waals surface area contributed by atoms with Crippen molar-refractivity contribution in [2.24, 2.45) is 0 Å². The average molecular weight is 406 g/mol. The summed E-state index contributed by atoms with van der Waals surface area (Å²) >= 11 is 4.54. The van der Waals surface area contributed by atoms with Crippen molar-refractivity contribution >= 4 is 51.7 Å². The molecule has 8 heteroatoms. The van der Waals surface area contributed by atoms with Crippen molar-refractivity contribution in [1.82, 2.24) is 15.3 Å². The van der Waals surface area contributed by atoms with Gasteiger partial charge >= 0.3 is 0 Å². The second-order valence-corrected chi connectivity index (χ2v) is 8.24. The molecule has 1 amide bonds. The van der Waals surface area contributed by atoms with Crippen LogP contribution < -0.4 is 10.1 Å². The molecule has 0 aliphatic rings. The second-order valence-electron chi connectivity index (χ2n) is 5.52. The molecule has 136 valence electrons. The van der Waals surface area contributed by atoms with E-state index in [0.717, 1.165) is 26.5 Å². The maximum Gasteiger partial charge on any atom is 0.272 e. The Bertz CT molecular complexity index is 914. The Kier molecular flexibility index (Phi) is 6.39. The van der Waals surface area contributed by atoms with Crippen molar-refractivity contribution in [1.29, 1.82) is 0 Å². The minimum absolute atomic E-state index is 0.165. The van der Waals surface area contributed by atoms with Crippen LogP contribution in [0.2, 0.25) is 0 Å². The number of hydrogen-bond acceptors (Lipinski definition) is 7. The van der Waals surface area contributed by atoms with Crippen LogP contribution in [0.1, 0.15) is 10.7 Å². The molecule has 0 bridgehead atoms. The fourth-order valence-electron chi connectivity index (χ4n) is 2.34. The monoisotopic (exact) mass is 405 g/mol. The summed E-state index contributed by atoms with van der Waals surface area (Å²) in [4.78, 5) is 22.3. The lowest BCUT2D eigenvalue weighted by molar-refractivity contribution is -0.124. The third-order valence-electron chi connectivity index (χ3n) is 3.62. The van der Waals surface area contributed by atoms with Crippen LogP contribution in [0.15, 0.2) is 40.7 Å². The number of nitrogens with zero attached hydrogens (tertiary/aromatic N) is 2. The Morgan fingerprint density at radius 1 is 1.35 bits per heavy atom. The summed E-state index contributed by atoms with van der Waals surface area (Å²) < 4.78 is 5.90. The molecule has 0 saturated heterocycles. The van der Waals surface area contributed by atoms with Crippen molar-refractivity contribution < 1.29 is 9.53 Å². The predicted molar refractivity (Wildman–Crippen MR) is 110 cm³/mol. The number of thioether (sulfide) groups is 2. The van der Waals surface area contributed by atoms with E-state index in [1.807, 2.05) is 49.2 Å². The van der Waals surface area contributed by atoms with Crippen LogP contribution in [-0.2, 0) is 11.3 Å². The molecule has 5 nitrogen and oxygen atoms in total. The third-order valence-corrected chi connectivity index (χ3v) is 6.01. The molecule has 0 fully saturated rings. The zero-order valence-corrected chi connectivity index (χ0v) is 17.1. The number of rotatable bonds is 7. The van der Waals surface area contributed by atoms with Gasteiger partial charge in [0.1, 0.15) is 10.8 Å². The molecule has 0 saturated carbocycles. The zero-order valence-electron chi connectivity index (χ0n) is 14.7. The minimum Gasteiger partial charge on any atom is -0.470 e. The predicted octanol–water partition coefficient (Wildman–Crippen LogP) is 4.11. The van der Waals surface area contributed by atoms with Gasteiger partial charge in [0, 0.05) is 27.6 Å². The number of thiazole rings is 1. The molecule has 3 rings (SSSR count). The third kappa shape index (κ3) is 4.69. The van der Waals surface area contributed by atoms with Gasteiger partial charge in [-0.1, -0.05) is 0 Å². The second kappa shape index (κ2) is 8.75. The van der Waals surface area contributed by atoms with Crippen LogP contribution in [0.25, 0.3) is 10.9 Å². The maximum atomic E-state index is 12.4. The van der Waals surface area contributed by atoms with E-state index in [1.165, 1.54) is 23.1 Å². The van der Waals surface area contributed by atoms with Gasteiger partial charge in [-0.15, -0.1) is 34.9 Å². The summed E-state index contributed by atoms with van der Waals surface area (Å²) in [6.45, 7) is 2.35. The zero-order chi connectivity index (χ0) is 18.5. The van der Waals surface area contributed by atoms with Crippen molar-refractivity contribution in [3.63, 3.8) is 0 Å². The summed E-state index contributed by atoms with van der Waals surface area (Å²) in [5, 5.41) is 6.73. The summed E-state index contributed by atoms with van der Waals surface area (Å²) in [5.41, 5.74) is 1.25. The summed E-state index contributed by atoms with van der Waals surface area (Å²) in [6.07, 6.45) is 5.72. The van der Waals surface area contributed by atoms with Gasteiger partial charge in [-0.3, -0.25) is 9.78 Å². The Hall–Kier alpha value is -1.77. The van der Waals surface area contributed by atoms with Crippen LogP contribution in [0.5, 0.6) is 5.75 Å². The van der Waals surface area contributed by atoms with E-state index in [2.05, 4.69) is 21.4 Å². The van der Waals surface area contributed by atoms with E-state index in [-0.39, 0.29) is 5.91 Å². The van der Waals surface area contributed by atoms with Gasteiger partial charge in [-0.2, -0.15) is 0 Å². The first-order valence-electron chi connectivity index (χ1n) is 7.91. The van der Waals surface area contributed by atoms with Crippen LogP contribution in [0.3, 0.4) is 0 Å². The Labute approximate surface area is 165 Å². The topological polar surface area (TPSA) is 64.1 Å². The molecule has 0 spiro atoms. The first-order valence-corrected chi connectivity index (χ1v) is 11.3. The van der Waals surface area contributed by atoms with Crippen molar-refractivity contribution in [3.8, 4) is 5.75 Å². The molecule has 0 radical (unpaired) electrons. The van der Waals surface area contributed by atoms with E-state index >= 15 is 0 Å². The van der Waals surface area contributed by atoms with Gasteiger partial charge in [0.2, 0.25) is 5.44 Å². The molecule has 2 heterocycles. The molecule has 1 unspecified atom stereocenters. The summed E-state index contributed by atoms with van der Waals surface area (Å²) in [6, 6.07) is 7.73. The lowest BCUT2D eigenvalue weighted by Crippen LogP contribution is -2.35. The van der Waals surface area contributed by atoms with Gasteiger partial charge in [-0.25, -0.2) is 4.98 Å². The molecule has 0 aliphatic heterocycles. The number of benzene rings is 1. The largest absolute Gasteiger partial charge is 0.470 e. The smallest absolute Gasteiger partial charge is 0.272 e.